The van der Waals surface area contributed by atoms with E-state index < -0.39 is 0 Å². The average molecular weight is 270 g/mol. The van der Waals surface area contributed by atoms with E-state index in [1.165, 1.54) is 10.4 Å². The Labute approximate surface area is 111 Å². The summed E-state index contributed by atoms with van der Waals surface area (Å²) < 4.78 is 0. The Bertz CT molecular complexity index is 386. The number of aryl methyl sites for hydroxylation is 1. The molecule has 1 atom stereocenters. The smallest absolute Gasteiger partial charge is 0.240 e. The Balaban J connectivity index is 1.93. The summed E-state index contributed by atoms with van der Waals surface area (Å²) in [5, 5.41) is 5.37. The molecule has 1 amide bonds. The first-order chi connectivity index (χ1) is 8.18. The van der Waals surface area contributed by atoms with Crippen molar-refractivity contribution in [3.8, 4) is 0 Å². The third-order valence-electron chi connectivity index (χ3n) is 2.94. The van der Waals surface area contributed by atoms with Crippen molar-refractivity contribution in [2.75, 3.05) is 25.1 Å². The van der Waals surface area contributed by atoms with Gasteiger partial charge in [0.2, 0.25) is 5.91 Å². The highest BCUT2D eigenvalue weighted by Crippen LogP contribution is 2.18. The van der Waals surface area contributed by atoms with E-state index in [-0.39, 0.29) is 11.9 Å². The number of hydrogen-bond donors (Lipinski definition) is 1. The van der Waals surface area contributed by atoms with E-state index in [9.17, 15) is 4.79 Å². The molecule has 0 spiro atoms. The van der Waals surface area contributed by atoms with Gasteiger partial charge in [0.25, 0.3) is 0 Å². The number of likely N-dealkylation sites (N-methyl/N-ethyl adjacent to an activating group) is 1. The van der Waals surface area contributed by atoms with Crippen LogP contribution in [-0.4, -0.2) is 41.9 Å². The van der Waals surface area contributed by atoms with Crippen LogP contribution in [0.3, 0.4) is 0 Å². The van der Waals surface area contributed by atoms with Gasteiger partial charge in [-0.25, -0.2) is 0 Å². The number of nitrogens with zero attached hydrogens (tertiary/aromatic N) is 1. The van der Waals surface area contributed by atoms with Crippen LogP contribution in [0.1, 0.15) is 10.4 Å². The van der Waals surface area contributed by atoms with Crippen molar-refractivity contribution < 1.29 is 4.79 Å². The van der Waals surface area contributed by atoms with Gasteiger partial charge in [-0.1, -0.05) is 0 Å². The van der Waals surface area contributed by atoms with E-state index in [0.717, 1.165) is 24.6 Å². The summed E-state index contributed by atoms with van der Waals surface area (Å²) >= 11 is 3.57. The number of thioether (sulfide) groups is 1. The highest BCUT2D eigenvalue weighted by atomic mass is 32.2. The number of hydrogen-bond acceptors (Lipinski definition) is 4. The lowest BCUT2D eigenvalue weighted by Gasteiger charge is -2.27. The van der Waals surface area contributed by atoms with E-state index in [4.69, 9.17) is 0 Å². The molecule has 1 aliphatic rings. The van der Waals surface area contributed by atoms with E-state index in [1.807, 2.05) is 23.7 Å². The highest BCUT2D eigenvalue weighted by Gasteiger charge is 2.24. The first kappa shape index (κ1) is 12.9. The number of thiophene rings is 1. The predicted octanol–water partition coefficient (Wildman–Crippen LogP) is 1.72. The van der Waals surface area contributed by atoms with Crippen molar-refractivity contribution in [1.82, 2.24) is 10.2 Å². The molecule has 1 fully saturated rings. The van der Waals surface area contributed by atoms with E-state index in [2.05, 4.69) is 23.7 Å². The molecule has 1 saturated heterocycles. The molecule has 1 aliphatic heterocycles. The van der Waals surface area contributed by atoms with Gasteiger partial charge in [-0.2, -0.15) is 11.8 Å². The summed E-state index contributed by atoms with van der Waals surface area (Å²) in [5.41, 5.74) is 1.28. The molecule has 1 unspecified atom stereocenters. The van der Waals surface area contributed by atoms with Gasteiger partial charge >= 0.3 is 0 Å². The summed E-state index contributed by atoms with van der Waals surface area (Å²) in [6, 6.07) is 2.10. The van der Waals surface area contributed by atoms with Crippen LogP contribution in [0.15, 0.2) is 11.4 Å². The van der Waals surface area contributed by atoms with Crippen LogP contribution in [0.5, 0.6) is 0 Å². The summed E-state index contributed by atoms with van der Waals surface area (Å²) in [6.07, 6.45) is 0. The van der Waals surface area contributed by atoms with E-state index in [1.54, 1.807) is 11.3 Å². The van der Waals surface area contributed by atoms with Crippen LogP contribution in [-0.2, 0) is 11.3 Å². The highest BCUT2D eigenvalue weighted by molar-refractivity contribution is 7.99. The Hall–Kier alpha value is -0.520. The molecule has 0 radical (unpaired) electrons. The van der Waals surface area contributed by atoms with Gasteiger partial charge in [-0.3, -0.25) is 4.79 Å². The minimum absolute atomic E-state index is 0.000909. The molecule has 2 heterocycles. The normalized spacial score (nSPS) is 20.2. The number of carbonyl (C=O) groups is 1. The molecular formula is C12H18N2OS2. The van der Waals surface area contributed by atoms with Crippen LogP contribution in [0.25, 0.3) is 0 Å². The molecule has 2 rings (SSSR count). The lowest BCUT2D eigenvalue weighted by atomic mass is 10.2. The van der Waals surface area contributed by atoms with Crippen LogP contribution >= 0.6 is 23.1 Å². The molecule has 0 bridgehead atoms. The van der Waals surface area contributed by atoms with Crippen molar-refractivity contribution in [2.24, 2.45) is 0 Å². The fourth-order valence-corrected chi connectivity index (χ4v) is 3.73. The van der Waals surface area contributed by atoms with Gasteiger partial charge in [-0.15, -0.1) is 11.3 Å². The molecule has 0 saturated carbocycles. The molecule has 17 heavy (non-hydrogen) atoms. The van der Waals surface area contributed by atoms with Gasteiger partial charge in [0.05, 0.1) is 12.6 Å². The maximum Gasteiger partial charge on any atom is 0.240 e. The van der Waals surface area contributed by atoms with Crippen molar-refractivity contribution in [3.63, 3.8) is 0 Å². The van der Waals surface area contributed by atoms with Gasteiger partial charge < -0.3 is 10.2 Å². The maximum atomic E-state index is 12.2. The molecule has 0 aliphatic carbocycles. The zero-order valence-electron chi connectivity index (χ0n) is 10.2. The molecular weight excluding hydrogens is 252 g/mol. The summed E-state index contributed by atoms with van der Waals surface area (Å²) in [4.78, 5) is 15.3. The fourth-order valence-electron chi connectivity index (χ4n) is 1.85. The standard InChI is InChI=1S/C12H18N2OS2/c1-9-3-5-17-11(9)7-14(2)12(15)10-8-16-6-4-13-10/h3,5,10,13H,4,6-8H2,1-2H3. The molecule has 1 N–H and O–H groups in total. The van der Waals surface area contributed by atoms with Crippen molar-refractivity contribution in [2.45, 2.75) is 19.5 Å². The van der Waals surface area contributed by atoms with Crippen molar-refractivity contribution in [3.05, 3.63) is 21.9 Å². The first-order valence-electron chi connectivity index (χ1n) is 5.77. The van der Waals surface area contributed by atoms with Crippen LogP contribution in [0.2, 0.25) is 0 Å². The number of rotatable bonds is 3. The Morgan fingerprint density at radius 2 is 2.47 bits per heavy atom. The zero-order chi connectivity index (χ0) is 12.3. The largest absolute Gasteiger partial charge is 0.339 e. The molecule has 1 aromatic rings. The minimum atomic E-state index is -0.000909. The van der Waals surface area contributed by atoms with Crippen molar-refractivity contribution >= 4 is 29.0 Å². The van der Waals surface area contributed by atoms with E-state index >= 15 is 0 Å². The Morgan fingerprint density at radius 1 is 1.65 bits per heavy atom. The third kappa shape index (κ3) is 3.24. The third-order valence-corrected chi connectivity index (χ3v) is 5.01. The minimum Gasteiger partial charge on any atom is -0.339 e. The second kappa shape index (κ2) is 5.89. The van der Waals surface area contributed by atoms with E-state index in [0.29, 0.717) is 0 Å². The second-order valence-corrected chi connectivity index (χ2v) is 6.45. The SMILES string of the molecule is Cc1ccsc1CN(C)C(=O)C1CSCCN1. The number of nitrogens with one attached hydrogen (secondary N) is 1. The number of amides is 1. The van der Waals surface area contributed by atoms with Gasteiger partial charge in [-0.05, 0) is 23.9 Å². The van der Waals surface area contributed by atoms with Gasteiger partial charge in [0.1, 0.15) is 0 Å². The van der Waals surface area contributed by atoms with Crippen molar-refractivity contribution in [1.29, 1.82) is 0 Å². The summed E-state index contributed by atoms with van der Waals surface area (Å²) in [6.45, 7) is 3.76. The predicted molar refractivity (Wildman–Crippen MR) is 74.6 cm³/mol. The molecule has 5 heteroatoms. The topological polar surface area (TPSA) is 32.3 Å². The van der Waals surface area contributed by atoms with Gasteiger partial charge in [0.15, 0.2) is 0 Å². The summed E-state index contributed by atoms with van der Waals surface area (Å²) in [5.74, 6) is 2.22. The average Bonchev–Trinajstić information content (AvgIpc) is 2.75. The lowest BCUT2D eigenvalue weighted by Crippen LogP contribution is -2.49. The fraction of sp³-hybridized carbons (Fsp3) is 0.583. The molecule has 94 valence electrons. The molecule has 0 aromatic carbocycles. The van der Waals surface area contributed by atoms with Gasteiger partial charge in [0, 0.05) is 30.0 Å². The van der Waals surface area contributed by atoms with Crippen LogP contribution < -0.4 is 5.32 Å². The molecule has 3 nitrogen and oxygen atoms in total. The van der Waals surface area contributed by atoms with Crippen LogP contribution in [0, 0.1) is 6.92 Å². The Kier molecular flexibility index (Phi) is 4.48. The lowest BCUT2D eigenvalue weighted by molar-refractivity contribution is -0.132. The monoisotopic (exact) mass is 270 g/mol. The quantitative estimate of drug-likeness (QED) is 0.908. The first-order valence-corrected chi connectivity index (χ1v) is 7.81. The molecule has 1 aromatic heterocycles. The maximum absolute atomic E-state index is 12.2. The number of carbonyl (C=O) groups excluding carboxylic acids is 1. The zero-order valence-corrected chi connectivity index (χ0v) is 11.9. The van der Waals surface area contributed by atoms with Crippen LogP contribution in [0.4, 0.5) is 0 Å². The second-order valence-electron chi connectivity index (χ2n) is 4.30. The summed E-state index contributed by atoms with van der Waals surface area (Å²) in [7, 11) is 1.89. The Morgan fingerprint density at radius 3 is 3.06 bits per heavy atom.